The highest BCUT2D eigenvalue weighted by molar-refractivity contribution is 7.99. The normalized spacial score (nSPS) is 35.1. The van der Waals surface area contributed by atoms with Gasteiger partial charge in [-0.25, -0.2) is 0 Å². The third kappa shape index (κ3) is 2.03. The number of thioether (sulfide) groups is 1. The lowest BCUT2D eigenvalue weighted by Gasteiger charge is -2.46. The fraction of sp³-hybridized carbons (Fsp3) is 1.00. The summed E-state index contributed by atoms with van der Waals surface area (Å²) in [5, 5.41) is 3.48. The van der Waals surface area contributed by atoms with Crippen molar-refractivity contribution in [2.45, 2.75) is 31.8 Å². The maximum Gasteiger partial charge on any atom is 0.0281 e. The topological polar surface area (TPSA) is 15.3 Å². The molecule has 0 radical (unpaired) electrons. The first-order valence-corrected chi connectivity index (χ1v) is 6.41. The standard InChI is InChI=1S/C10H20N2S/c1-10(2)8-11-4-5-12(10)9-3-6-13-7-9/h9,11H,3-8H2,1-2H3. The average molecular weight is 200 g/mol. The maximum atomic E-state index is 3.48. The molecule has 3 heteroatoms. The van der Waals surface area contributed by atoms with Gasteiger partial charge in [0.15, 0.2) is 0 Å². The minimum absolute atomic E-state index is 0.369. The van der Waals surface area contributed by atoms with Crippen molar-refractivity contribution >= 4 is 11.8 Å². The molecular formula is C10H20N2S. The Morgan fingerprint density at radius 1 is 1.46 bits per heavy atom. The van der Waals surface area contributed by atoms with Crippen molar-refractivity contribution in [1.82, 2.24) is 10.2 Å². The van der Waals surface area contributed by atoms with Gasteiger partial charge in [-0.1, -0.05) is 0 Å². The highest BCUT2D eigenvalue weighted by Gasteiger charge is 2.35. The van der Waals surface area contributed by atoms with Gasteiger partial charge in [0.25, 0.3) is 0 Å². The Balaban J connectivity index is 2.02. The Morgan fingerprint density at radius 2 is 2.31 bits per heavy atom. The van der Waals surface area contributed by atoms with E-state index in [1.54, 1.807) is 0 Å². The summed E-state index contributed by atoms with van der Waals surface area (Å²) >= 11 is 2.11. The van der Waals surface area contributed by atoms with Crippen molar-refractivity contribution in [3.8, 4) is 0 Å². The summed E-state index contributed by atoms with van der Waals surface area (Å²) in [4.78, 5) is 2.71. The number of rotatable bonds is 1. The summed E-state index contributed by atoms with van der Waals surface area (Å²) in [6.45, 7) is 8.28. The largest absolute Gasteiger partial charge is 0.314 e. The highest BCUT2D eigenvalue weighted by Crippen LogP contribution is 2.28. The number of nitrogens with one attached hydrogen (secondary N) is 1. The Bertz CT molecular complexity index is 176. The summed E-state index contributed by atoms with van der Waals surface area (Å²) in [5.74, 6) is 2.72. The van der Waals surface area contributed by atoms with Crippen LogP contribution in [-0.2, 0) is 0 Å². The van der Waals surface area contributed by atoms with Crippen LogP contribution in [0.4, 0.5) is 0 Å². The third-order valence-corrected chi connectivity index (χ3v) is 4.36. The van der Waals surface area contributed by atoms with E-state index in [1.165, 1.54) is 31.0 Å². The fourth-order valence-corrected chi connectivity index (χ4v) is 3.67. The summed E-state index contributed by atoms with van der Waals surface area (Å²) in [7, 11) is 0. The van der Waals surface area contributed by atoms with Gasteiger partial charge in [0.05, 0.1) is 0 Å². The van der Waals surface area contributed by atoms with E-state index >= 15 is 0 Å². The van der Waals surface area contributed by atoms with Gasteiger partial charge in [0.1, 0.15) is 0 Å². The van der Waals surface area contributed by atoms with E-state index in [1.807, 2.05) is 0 Å². The molecule has 2 aliphatic heterocycles. The average Bonchev–Trinajstić information content (AvgIpc) is 2.55. The van der Waals surface area contributed by atoms with Crippen LogP contribution < -0.4 is 5.32 Å². The molecule has 2 rings (SSSR count). The quantitative estimate of drug-likeness (QED) is 0.684. The lowest BCUT2D eigenvalue weighted by Crippen LogP contribution is -2.61. The second-order valence-electron chi connectivity index (χ2n) is 4.70. The zero-order chi connectivity index (χ0) is 9.31. The molecule has 0 aromatic carbocycles. The number of nitrogens with zero attached hydrogens (tertiary/aromatic N) is 1. The molecule has 2 fully saturated rings. The predicted molar refractivity (Wildman–Crippen MR) is 59.4 cm³/mol. The van der Waals surface area contributed by atoms with E-state index in [0.29, 0.717) is 5.54 Å². The Morgan fingerprint density at radius 3 is 2.92 bits per heavy atom. The molecule has 0 aromatic rings. The molecular weight excluding hydrogens is 180 g/mol. The third-order valence-electron chi connectivity index (χ3n) is 3.21. The van der Waals surface area contributed by atoms with Crippen LogP contribution in [0.3, 0.4) is 0 Å². The van der Waals surface area contributed by atoms with Crippen LogP contribution in [0.5, 0.6) is 0 Å². The lowest BCUT2D eigenvalue weighted by molar-refractivity contribution is 0.0552. The highest BCUT2D eigenvalue weighted by atomic mass is 32.2. The van der Waals surface area contributed by atoms with Crippen LogP contribution >= 0.6 is 11.8 Å². The molecule has 2 aliphatic rings. The molecule has 0 bridgehead atoms. The summed E-state index contributed by atoms with van der Waals surface area (Å²) in [6, 6.07) is 0.849. The van der Waals surface area contributed by atoms with Crippen molar-refractivity contribution in [2.24, 2.45) is 0 Å². The first-order valence-electron chi connectivity index (χ1n) is 5.25. The molecule has 0 aliphatic carbocycles. The van der Waals surface area contributed by atoms with E-state index in [-0.39, 0.29) is 0 Å². The predicted octanol–water partition coefficient (Wildman–Crippen LogP) is 1.18. The van der Waals surface area contributed by atoms with Gasteiger partial charge in [-0.3, -0.25) is 4.90 Å². The molecule has 13 heavy (non-hydrogen) atoms. The van der Waals surface area contributed by atoms with Gasteiger partial charge in [-0.15, -0.1) is 0 Å². The summed E-state index contributed by atoms with van der Waals surface area (Å²) in [5.41, 5.74) is 0.369. The lowest BCUT2D eigenvalue weighted by atomic mass is 9.97. The number of hydrogen-bond donors (Lipinski definition) is 1. The monoisotopic (exact) mass is 200 g/mol. The smallest absolute Gasteiger partial charge is 0.0281 e. The molecule has 1 atom stereocenters. The molecule has 2 nitrogen and oxygen atoms in total. The van der Waals surface area contributed by atoms with E-state index < -0.39 is 0 Å². The zero-order valence-electron chi connectivity index (χ0n) is 8.68. The molecule has 0 spiro atoms. The SMILES string of the molecule is CC1(C)CNCCN1C1CCSC1. The second-order valence-corrected chi connectivity index (χ2v) is 5.85. The molecule has 2 saturated heterocycles. The van der Waals surface area contributed by atoms with Crippen molar-refractivity contribution in [3.63, 3.8) is 0 Å². The Kier molecular flexibility index (Phi) is 2.86. The molecule has 76 valence electrons. The van der Waals surface area contributed by atoms with E-state index in [2.05, 4.69) is 35.8 Å². The minimum Gasteiger partial charge on any atom is -0.314 e. The number of hydrogen-bond acceptors (Lipinski definition) is 3. The summed E-state index contributed by atoms with van der Waals surface area (Å²) in [6.07, 6.45) is 1.40. The van der Waals surface area contributed by atoms with Gasteiger partial charge in [-0.05, 0) is 26.0 Å². The van der Waals surface area contributed by atoms with E-state index in [4.69, 9.17) is 0 Å². The van der Waals surface area contributed by atoms with Crippen LogP contribution in [0.2, 0.25) is 0 Å². The van der Waals surface area contributed by atoms with Crippen LogP contribution in [0, 0.1) is 0 Å². The van der Waals surface area contributed by atoms with Gasteiger partial charge < -0.3 is 5.32 Å². The van der Waals surface area contributed by atoms with Gasteiger partial charge in [0, 0.05) is 37.0 Å². The molecule has 0 saturated carbocycles. The van der Waals surface area contributed by atoms with Crippen molar-refractivity contribution in [1.29, 1.82) is 0 Å². The first-order chi connectivity index (χ1) is 6.20. The van der Waals surface area contributed by atoms with Crippen LogP contribution in [0.25, 0.3) is 0 Å². The van der Waals surface area contributed by atoms with Gasteiger partial charge >= 0.3 is 0 Å². The first kappa shape index (κ1) is 9.81. The van der Waals surface area contributed by atoms with E-state index in [0.717, 1.165) is 12.6 Å². The van der Waals surface area contributed by atoms with Crippen LogP contribution in [0.1, 0.15) is 20.3 Å². The van der Waals surface area contributed by atoms with Crippen LogP contribution in [0.15, 0.2) is 0 Å². The molecule has 0 amide bonds. The second kappa shape index (κ2) is 3.79. The van der Waals surface area contributed by atoms with Gasteiger partial charge in [-0.2, -0.15) is 11.8 Å². The molecule has 0 aromatic heterocycles. The van der Waals surface area contributed by atoms with Crippen LogP contribution in [-0.4, -0.2) is 47.6 Å². The van der Waals surface area contributed by atoms with Gasteiger partial charge in [0.2, 0.25) is 0 Å². The molecule has 1 unspecified atom stereocenters. The maximum absolute atomic E-state index is 3.48. The van der Waals surface area contributed by atoms with E-state index in [9.17, 15) is 0 Å². The van der Waals surface area contributed by atoms with Crippen molar-refractivity contribution in [2.75, 3.05) is 31.1 Å². The summed E-state index contributed by atoms with van der Waals surface area (Å²) < 4.78 is 0. The molecule has 1 N–H and O–H groups in total. The minimum atomic E-state index is 0.369. The Labute approximate surface area is 85.4 Å². The van der Waals surface area contributed by atoms with Crippen molar-refractivity contribution < 1.29 is 0 Å². The molecule has 2 heterocycles. The Hall–Kier alpha value is 0.270. The zero-order valence-corrected chi connectivity index (χ0v) is 9.49. The van der Waals surface area contributed by atoms with Crippen molar-refractivity contribution in [3.05, 3.63) is 0 Å². The number of piperazine rings is 1. The fourth-order valence-electron chi connectivity index (χ4n) is 2.44.